The number of anilines is 1. The highest BCUT2D eigenvalue weighted by Gasteiger charge is 2.12. The lowest BCUT2D eigenvalue weighted by atomic mass is 10.2. The van der Waals surface area contributed by atoms with Gasteiger partial charge in [-0.3, -0.25) is 4.98 Å². The molecule has 0 radical (unpaired) electrons. The van der Waals surface area contributed by atoms with Gasteiger partial charge >= 0.3 is 0 Å². The average Bonchev–Trinajstić information content (AvgIpc) is 2.35. The van der Waals surface area contributed by atoms with Crippen LogP contribution in [0.3, 0.4) is 0 Å². The number of nitrogens with one attached hydrogen (secondary N) is 1. The molecule has 0 amide bonds. The standard InChI is InChI=1S/C12H8BrF3N2/c13-8-3-7(4-17-6-8)5-18-10-2-1-9(14)11(15)12(10)16/h1-4,6,18H,5H2. The summed E-state index contributed by atoms with van der Waals surface area (Å²) in [4.78, 5) is 3.94. The van der Waals surface area contributed by atoms with E-state index in [0.29, 0.717) is 0 Å². The monoisotopic (exact) mass is 316 g/mol. The number of halogens is 4. The van der Waals surface area contributed by atoms with Crippen LogP contribution in [-0.2, 0) is 6.54 Å². The molecule has 1 aromatic heterocycles. The highest BCUT2D eigenvalue weighted by atomic mass is 79.9. The highest BCUT2D eigenvalue weighted by molar-refractivity contribution is 9.10. The predicted octanol–water partition coefficient (Wildman–Crippen LogP) is 3.87. The number of nitrogens with zero attached hydrogens (tertiary/aromatic N) is 1. The average molecular weight is 317 g/mol. The molecule has 2 nitrogen and oxygen atoms in total. The number of rotatable bonds is 3. The molecule has 1 aromatic carbocycles. The van der Waals surface area contributed by atoms with Gasteiger partial charge in [0.25, 0.3) is 0 Å². The maximum Gasteiger partial charge on any atom is 0.196 e. The van der Waals surface area contributed by atoms with Crippen molar-refractivity contribution in [2.24, 2.45) is 0 Å². The maximum absolute atomic E-state index is 13.3. The van der Waals surface area contributed by atoms with Crippen molar-refractivity contribution in [3.05, 3.63) is 58.1 Å². The molecule has 0 atom stereocenters. The Bertz CT molecular complexity index is 575. The van der Waals surface area contributed by atoms with Gasteiger partial charge in [0.05, 0.1) is 5.69 Å². The molecule has 0 aliphatic rings. The second-order valence-corrected chi connectivity index (χ2v) is 4.50. The van der Waals surface area contributed by atoms with Crippen LogP contribution >= 0.6 is 15.9 Å². The number of benzene rings is 1. The first kappa shape index (κ1) is 12.9. The molecule has 0 bridgehead atoms. The van der Waals surface area contributed by atoms with Crippen molar-refractivity contribution in [3.63, 3.8) is 0 Å². The van der Waals surface area contributed by atoms with E-state index in [-0.39, 0.29) is 12.2 Å². The fraction of sp³-hybridized carbons (Fsp3) is 0.0833. The largest absolute Gasteiger partial charge is 0.378 e. The molecule has 0 fully saturated rings. The van der Waals surface area contributed by atoms with Crippen LogP contribution in [0.25, 0.3) is 0 Å². The Balaban J connectivity index is 2.14. The van der Waals surface area contributed by atoms with Crippen molar-refractivity contribution >= 4 is 21.6 Å². The van der Waals surface area contributed by atoms with Gasteiger partial charge in [-0.05, 0) is 39.7 Å². The molecule has 94 valence electrons. The lowest BCUT2D eigenvalue weighted by Gasteiger charge is -2.08. The lowest BCUT2D eigenvalue weighted by Crippen LogP contribution is -2.04. The first-order chi connectivity index (χ1) is 8.58. The van der Waals surface area contributed by atoms with E-state index in [4.69, 9.17) is 0 Å². The van der Waals surface area contributed by atoms with Gasteiger partial charge in [-0.15, -0.1) is 0 Å². The fourth-order valence-electron chi connectivity index (χ4n) is 1.41. The minimum absolute atomic E-state index is 0.0890. The van der Waals surface area contributed by atoms with Gasteiger partial charge in [-0.2, -0.15) is 0 Å². The fourth-order valence-corrected chi connectivity index (χ4v) is 1.82. The van der Waals surface area contributed by atoms with Crippen LogP contribution in [0.4, 0.5) is 18.9 Å². The first-order valence-corrected chi connectivity index (χ1v) is 5.84. The molecular formula is C12H8BrF3N2. The van der Waals surface area contributed by atoms with Crippen molar-refractivity contribution in [2.45, 2.75) is 6.54 Å². The zero-order valence-corrected chi connectivity index (χ0v) is 10.6. The molecule has 18 heavy (non-hydrogen) atoms. The summed E-state index contributed by atoms with van der Waals surface area (Å²) in [5.74, 6) is -3.91. The Hall–Kier alpha value is -1.56. The van der Waals surface area contributed by atoms with Crippen LogP contribution in [0.15, 0.2) is 35.1 Å². The summed E-state index contributed by atoms with van der Waals surface area (Å²) in [6.07, 6.45) is 3.21. The summed E-state index contributed by atoms with van der Waals surface area (Å²) in [7, 11) is 0. The molecule has 0 saturated heterocycles. The van der Waals surface area contributed by atoms with Gasteiger partial charge in [0, 0.05) is 23.4 Å². The molecule has 1 heterocycles. The summed E-state index contributed by atoms with van der Waals surface area (Å²) >= 11 is 3.25. The Morgan fingerprint density at radius 2 is 1.89 bits per heavy atom. The SMILES string of the molecule is Fc1ccc(NCc2cncc(Br)c2)c(F)c1F. The summed E-state index contributed by atoms with van der Waals surface area (Å²) < 4.78 is 39.8. The smallest absolute Gasteiger partial charge is 0.196 e. The predicted molar refractivity (Wildman–Crippen MR) is 65.6 cm³/mol. The molecule has 0 unspecified atom stereocenters. The normalized spacial score (nSPS) is 10.4. The molecule has 6 heteroatoms. The van der Waals surface area contributed by atoms with Crippen LogP contribution in [0, 0.1) is 17.5 Å². The minimum Gasteiger partial charge on any atom is -0.378 e. The Morgan fingerprint density at radius 1 is 1.11 bits per heavy atom. The van der Waals surface area contributed by atoms with E-state index >= 15 is 0 Å². The zero-order chi connectivity index (χ0) is 13.1. The number of pyridine rings is 1. The quantitative estimate of drug-likeness (QED) is 0.869. The third-order valence-electron chi connectivity index (χ3n) is 2.28. The van der Waals surface area contributed by atoms with E-state index in [1.54, 1.807) is 18.5 Å². The highest BCUT2D eigenvalue weighted by Crippen LogP contribution is 2.20. The van der Waals surface area contributed by atoms with Gasteiger partial charge in [0.15, 0.2) is 17.5 Å². The van der Waals surface area contributed by atoms with Crippen LogP contribution in [-0.4, -0.2) is 4.98 Å². The van der Waals surface area contributed by atoms with Crippen LogP contribution in [0.2, 0.25) is 0 Å². The van der Waals surface area contributed by atoms with Gasteiger partial charge in [0.2, 0.25) is 0 Å². The Kier molecular flexibility index (Phi) is 3.86. The second kappa shape index (κ2) is 5.39. The summed E-state index contributed by atoms with van der Waals surface area (Å²) in [5, 5.41) is 2.68. The minimum atomic E-state index is -1.48. The third kappa shape index (κ3) is 2.81. The van der Waals surface area contributed by atoms with E-state index in [2.05, 4.69) is 26.2 Å². The number of hydrogen-bond acceptors (Lipinski definition) is 2. The van der Waals surface area contributed by atoms with Crippen LogP contribution in [0.5, 0.6) is 0 Å². The zero-order valence-electron chi connectivity index (χ0n) is 9.05. The van der Waals surface area contributed by atoms with Crippen molar-refractivity contribution in [1.82, 2.24) is 4.98 Å². The molecule has 2 aromatic rings. The molecule has 0 spiro atoms. The van der Waals surface area contributed by atoms with Crippen LogP contribution in [0.1, 0.15) is 5.56 Å². The lowest BCUT2D eigenvalue weighted by molar-refractivity contribution is 0.449. The molecule has 2 rings (SSSR count). The summed E-state index contributed by atoms with van der Waals surface area (Å²) in [6, 6.07) is 3.82. The number of hydrogen-bond donors (Lipinski definition) is 1. The van der Waals surface area contributed by atoms with E-state index < -0.39 is 17.5 Å². The second-order valence-electron chi connectivity index (χ2n) is 3.59. The number of aromatic nitrogens is 1. The summed E-state index contributed by atoms with van der Waals surface area (Å²) in [5.41, 5.74) is 0.697. The van der Waals surface area contributed by atoms with Gasteiger partial charge < -0.3 is 5.32 Å². The van der Waals surface area contributed by atoms with E-state index in [0.717, 1.165) is 22.2 Å². The summed E-state index contributed by atoms with van der Waals surface area (Å²) in [6.45, 7) is 0.258. The third-order valence-corrected chi connectivity index (χ3v) is 2.71. The van der Waals surface area contributed by atoms with Crippen molar-refractivity contribution < 1.29 is 13.2 Å². The van der Waals surface area contributed by atoms with Gasteiger partial charge in [-0.1, -0.05) is 0 Å². The Labute approximate surface area is 110 Å². The molecule has 0 aliphatic carbocycles. The topological polar surface area (TPSA) is 24.9 Å². The van der Waals surface area contributed by atoms with E-state index in [1.165, 1.54) is 0 Å². The van der Waals surface area contributed by atoms with E-state index in [1.807, 2.05) is 0 Å². The first-order valence-electron chi connectivity index (χ1n) is 5.04. The molecule has 0 aliphatic heterocycles. The van der Waals surface area contributed by atoms with Crippen molar-refractivity contribution in [2.75, 3.05) is 5.32 Å². The van der Waals surface area contributed by atoms with Gasteiger partial charge in [0.1, 0.15) is 0 Å². The Morgan fingerprint density at radius 3 is 2.61 bits per heavy atom. The molecular weight excluding hydrogens is 309 g/mol. The van der Waals surface area contributed by atoms with E-state index in [9.17, 15) is 13.2 Å². The molecule has 1 N–H and O–H groups in total. The van der Waals surface area contributed by atoms with Gasteiger partial charge in [-0.25, -0.2) is 13.2 Å². The van der Waals surface area contributed by atoms with Crippen LogP contribution < -0.4 is 5.32 Å². The van der Waals surface area contributed by atoms with Crippen molar-refractivity contribution in [3.8, 4) is 0 Å². The maximum atomic E-state index is 13.3. The van der Waals surface area contributed by atoms with Crippen molar-refractivity contribution in [1.29, 1.82) is 0 Å². The molecule has 0 saturated carbocycles.